The fourth-order valence-corrected chi connectivity index (χ4v) is 5.80. The van der Waals surface area contributed by atoms with E-state index in [-0.39, 0.29) is 0 Å². The first-order valence-corrected chi connectivity index (χ1v) is 12.6. The minimum atomic E-state index is 0.901. The first-order valence-electron chi connectivity index (χ1n) is 12.6. The summed E-state index contributed by atoms with van der Waals surface area (Å²) in [5.74, 6) is 0.901. The molecule has 2 aromatic carbocycles. The van der Waals surface area contributed by atoms with Crippen molar-refractivity contribution in [3.05, 3.63) is 111 Å². The molecule has 0 radical (unpaired) electrons. The quantitative estimate of drug-likeness (QED) is 0.394. The van der Waals surface area contributed by atoms with Gasteiger partial charge in [-0.3, -0.25) is 0 Å². The Morgan fingerprint density at radius 1 is 0.906 bits per heavy atom. The van der Waals surface area contributed by atoms with E-state index in [0.29, 0.717) is 0 Å². The zero-order valence-corrected chi connectivity index (χ0v) is 19.6. The maximum Gasteiger partial charge on any atom is -0.00137 e. The molecular weight excluding hydrogens is 384 g/mol. The van der Waals surface area contributed by atoms with Crippen LogP contribution in [0.3, 0.4) is 0 Å². The first-order chi connectivity index (χ1) is 15.6. The second kappa shape index (κ2) is 9.49. The number of benzene rings is 2. The Morgan fingerprint density at radius 2 is 1.69 bits per heavy atom. The Hall–Kier alpha value is -2.60. The number of rotatable bonds is 7. The van der Waals surface area contributed by atoms with Gasteiger partial charge in [0.1, 0.15) is 0 Å². The third-order valence-corrected chi connectivity index (χ3v) is 7.56. The molecule has 0 atom stereocenters. The third kappa shape index (κ3) is 4.90. The molecule has 0 aromatic heterocycles. The molecule has 0 unspecified atom stereocenters. The van der Waals surface area contributed by atoms with Gasteiger partial charge in [-0.2, -0.15) is 0 Å². The van der Waals surface area contributed by atoms with Crippen molar-refractivity contribution >= 4 is 6.08 Å². The Bertz CT molecular complexity index is 1080. The van der Waals surface area contributed by atoms with Gasteiger partial charge in [0.2, 0.25) is 0 Å². The SMILES string of the molecule is C=C(CC1=CCC=C1C1=Cc2cc(CC3CCCCC3)ccc2C1)Cc1ccc(C)cc1. The highest BCUT2D eigenvalue weighted by Gasteiger charge is 2.22. The number of hydrogen-bond acceptors (Lipinski definition) is 0. The highest BCUT2D eigenvalue weighted by atomic mass is 14.3. The highest BCUT2D eigenvalue weighted by Crippen LogP contribution is 2.38. The minimum absolute atomic E-state index is 0.901. The van der Waals surface area contributed by atoms with Crippen molar-refractivity contribution in [3.63, 3.8) is 0 Å². The minimum Gasteiger partial charge on any atom is -0.0992 e. The highest BCUT2D eigenvalue weighted by molar-refractivity contribution is 5.72. The first kappa shape index (κ1) is 21.3. The van der Waals surface area contributed by atoms with E-state index in [9.17, 15) is 0 Å². The second-order valence-corrected chi connectivity index (χ2v) is 10.3. The Labute approximate surface area is 194 Å². The monoisotopic (exact) mass is 420 g/mol. The molecule has 0 amide bonds. The number of allylic oxidation sites excluding steroid dienone is 6. The van der Waals surface area contributed by atoms with Gasteiger partial charge in [0, 0.05) is 0 Å². The molecule has 0 aliphatic heterocycles. The number of aryl methyl sites for hydroxylation is 1. The van der Waals surface area contributed by atoms with Gasteiger partial charge in [-0.15, -0.1) is 0 Å². The topological polar surface area (TPSA) is 0 Å². The summed E-state index contributed by atoms with van der Waals surface area (Å²) in [6.07, 6.45) is 19.8. The van der Waals surface area contributed by atoms with Crippen LogP contribution in [0.1, 0.15) is 72.8 Å². The lowest BCUT2D eigenvalue weighted by Crippen LogP contribution is -2.09. The molecule has 0 heteroatoms. The summed E-state index contributed by atoms with van der Waals surface area (Å²) in [6.45, 7) is 6.56. The lowest BCUT2D eigenvalue weighted by atomic mass is 9.84. The second-order valence-electron chi connectivity index (χ2n) is 10.3. The average Bonchev–Trinajstić information content (AvgIpc) is 3.42. The van der Waals surface area contributed by atoms with Crippen LogP contribution in [0.5, 0.6) is 0 Å². The third-order valence-electron chi connectivity index (χ3n) is 7.56. The molecule has 0 spiro atoms. The maximum atomic E-state index is 4.42. The lowest BCUT2D eigenvalue weighted by molar-refractivity contribution is 0.356. The molecule has 0 N–H and O–H groups in total. The number of fused-ring (bicyclic) bond motifs is 1. The molecule has 1 fully saturated rings. The molecule has 3 aliphatic carbocycles. The normalized spacial score (nSPS) is 18.2. The van der Waals surface area contributed by atoms with Crippen LogP contribution in [0, 0.1) is 12.8 Å². The Balaban J connectivity index is 1.24. The lowest BCUT2D eigenvalue weighted by Gasteiger charge is -2.21. The summed E-state index contributed by atoms with van der Waals surface area (Å²) in [5.41, 5.74) is 12.9. The fourth-order valence-electron chi connectivity index (χ4n) is 5.80. The Morgan fingerprint density at radius 3 is 2.50 bits per heavy atom. The molecular formula is C32H36. The van der Waals surface area contributed by atoms with Crippen LogP contribution in [-0.2, 0) is 19.3 Å². The maximum absolute atomic E-state index is 4.42. The van der Waals surface area contributed by atoms with E-state index >= 15 is 0 Å². The predicted octanol–water partition coefficient (Wildman–Crippen LogP) is 8.50. The van der Waals surface area contributed by atoms with Crippen LogP contribution in [0.15, 0.2) is 83.5 Å². The molecule has 1 saturated carbocycles. The molecule has 2 aromatic rings. The standard InChI is InChI=1S/C32H36/c1-23-11-13-26(14-12-23)17-24(2)18-29-9-6-10-32(29)31-21-28-16-15-27(20-30(28)22-31)19-25-7-4-3-5-8-25/h9-16,20,22,25H,2-8,17-19,21H2,1H3. The van der Waals surface area contributed by atoms with Gasteiger partial charge in [-0.05, 0) is 83.9 Å². The largest absolute Gasteiger partial charge is 0.0992 e. The van der Waals surface area contributed by atoms with Crippen molar-refractivity contribution in [1.29, 1.82) is 0 Å². The van der Waals surface area contributed by atoms with Gasteiger partial charge in [-0.25, -0.2) is 0 Å². The molecule has 0 heterocycles. The van der Waals surface area contributed by atoms with Gasteiger partial charge in [-0.1, -0.05) is 111 Å². The van der Waals surface area contributed by atoms with Crippen LogP contribution in [0.2, 0.25) is 0 Å². The van der Waals surface area contributed by atoms with Crippen molar-refractivity contribution in [2.24, 2.45) is 5.92 Å². The summed E-state index contributed by atoms with van der Waals surface area (Å²) in [4.78, 5) is 0. The Kier molecular flexibility index (Phi) is 6.30. The summed E-state index contributed by atoms with van der Waals surface area (Å²) in [5, 5.41) is 0. The van der Waals surface area contributed by atoms with Gasteiger partial charge in [0.05, 0.1) is 0 Å². The molecule has 0 nitrogen and oxygen atoms in total. The predicted molar refractivity (Wildman–Crippen MR) is 138 cm³/mol. The summed E-state index contributed by atoms with van der Waals surface area (Å²) in [7, 11) is 0. The van der Waals surface area contributed by atoms with E-state index in [1.54, 1.807) is 0 Å². The van der Waals surface area contributed by atoms with E-state index in [4.69, 9.17) is 0 Å². The van der Waals surface area contributed by atoms with Gasteiger partial charge >= 0.3 is 0 Å². The zero-order valence-electron chi connectivity index (χ0n) is 19.6. The van der Waals surface area contributed by atoms with Gasteiger partial charge < -0.3 is 0 Å². The summed E-state index contributed by atoms with van der Waals surface area (Å²) < 4.78 is 0. The molecule has 32 heavy (non-hydrogen) atoms. The van der Waals surface area contributed by atoms with Crippen molar-refractivity contribution in [1.82, 2.24) is 0 Å². The van der Waals surface area contributed by atoms with Crippen molar-refractivity contribution < 1.29 is 0 Å². The van der Waals surface area contributed by atoms with Crippen LogP contribution < -0.4 is 0 Å². The fraction of sp³-hybridized carbons (Fsp3) is 0.375. The van der Waals surface area contributed by atoms with E-state index in [1.807, 2.05) is 0 Å². The summed E-state index contributed by atoms with van der Waals surface area (Å²) >= 11 is 0. The van der Waals surface area contributed by atoms with E-state index < -0.39 is 0 Å². The van der Waals surface area contributed by atoms with E-state index in [2.05, 4.69) is 74.2 Å². The van der Waals surface area contributed by atoms with Crippen molar-refractivity contribution in [3.8, 4) is 0 Å². The zero-order chi connectivity index (χ0) is 21.9. The molecule has 5 rings (SSSR count). The smallest absolute Gasteiger partial charge is 0.00137 e. The molecule has 3 aliphatic rings. The van der Waals surface area contributed by atoms with Crippen LogP contribution in [0.4, 0.5) is 0 Å². The van der Waals surface area contributed by atoms with E-state index in [1.165, 1.54) is 88.6 Å². The number of hydrogen-bond donors (Lipinski definition) is 0. The van der Waals surface area contributed by atoms with Crippen LogP contribution >= 0.6 is 0 Å². The van der Waals surface area contributed by atoms with Crippen LogP contribution in [0.25, 0.3) is 6.08 Å². The molecule has 164 valence electrons. The van der Waals surface area contributed by atoms with Gasteiger partial charge in [0.15, 0.2) is 0 Å². The van der Waals surface area contributed by atoms with Crippen molar-refractivity contribution in [2.75, 3.05) is 0 Å². The molecule has 0 saturated heterocycles. The van der Waals surface area contributed by atoms with E-state index in [0.717, 1.165) is 31.6 Å². The average molecular weight is 421 g/mol. The summed E-state index contributed by atoms with van der Waals surface area (Å²) in [6, 6.07) is 16.1. The molecule has 0 bridgehead atoms. The van der Waals surface area contributed by atoms with Crippen molar-refractivity contribution in [2.45, 2.75) is 71.1 Å². The van der Waals surface area contributed by atoms with Crippen LogP contribution in [-0.4, -0.2) is 0 Å². The van der Waals surface area contributed by atoms with Gasteiger partial charge in [0.25, 0.3) is 0 Å².